The Morgan fingerprint density at radius 3 is 2.06 bits per heavy atom. The molecule has 2 aliphatic heterocycles. The number of fused-ring (bicyclic) bond motifs is 12. The minimum absolute atomic E-state index is 0.226. The molecule has 2 aliphatic carbocycles. The van der Waals surface area contributed by atoms with Crippen LogP contribution in [0, 0.1) is 11.8 Å². The Morgan fingerprint density at radius 2 is 1.35 bits per heavy atom. The van der Waals surface area contributed by atoms with E-state index >= 15 is 0 Å². The number of ether oxygens (including phenoxy) is 1. The van der Waals surface area contributed by atoms with Crippen LogP contribution in [0.3, 0.4) is 0 Å². The van der Waals surface area contributed by atoms with Crippen molar-refractivity contribution in [1.29, 1.82) is 0 Å². The monoisotopic (exact) mass is 402 g/mol. The van der Waals surface area contributed by atoms with Crippen molar-refractivity contribution in [3.05, 3.63) is 113 Å². The van der Waals surface area contributed by atoms with Crippen molar-refractivity contribution in [2.24, 2.45) is 11.8 Å². The lowest BCUT2D eigenvalue weighted by molar-refractivity contribution is 0.101. The first-order chi connectivity index (χ1) is 15.2. The minimum atomic E-state index is 0.226. The Bertz CT molecular complexity index is 1250. The zero-order valence-electron chi connectivity index (χ0n) is 18.0. The van der Waals surface area contributed by atoms with Gasteiger partial charge < -0.3 is 4.74 Å². The van der Waals surface area contributed by atoms with Crippen LogP contribution in [-0.2, 0) is 4.74 Å². The molecule has 152 valence electrons. The Kier molecular flexibility index (Phi) is 3.61. The van der Waals surface area contributed by atoms with Gasteiger partial charge in [-0.2, -0.15) is 0 Å². The van der Waals surface area contributed by atoms with Crippen LogP contribution in [-0.4, -0.2) is 12.2 Å². The van der Waals surface area contributed by atoms with Crippen LogP contribution in [0.15, 0.2) is 96.1 Å². The van der Waals surface area contributed by atoms with Gasteiger partial charge in [0.2, 0.25) is 0 Å². The van der Waals surface area contributed by atoms with Gasteiger partial charge in [0, 0.05) is 23.7 Å². The summed E-state index contributed by atoms with van der Waals surface area (Å²) in [5.74, 6) is 2.14. The van der Waals surface area contributed by atoms with E-state index in [4.69, 9.17) is 4.74 Å². The van der Waals surface area contributed by atoms with Crippen LogP contribution in [0.5, 0.6) is 0 Å². The van der Waals surface area contributed by atoms with Crippen LogP contribution < -0.4 is 0 Å². The first-order valence-corrected chi connectivity index (χ1v) is 11.5. The summed E-state index contributed by atoms with van der Waals surface area (Å²) in [5.41, 5.74) is 11.7. The average Bonchev–Trinajstić information content (AvgIpc) is 3.56. The highest BCUT2D eigenvalue weighted by Gasteiger charge is 2.65. The maximum absolute atomic E-state index is 6.65. The predicted octanol–water partition coefficient (Wildman–Crippen LogP) is 6.98. The molecule has 0 amide bonds. The zero-order chi connectivity index (χ0) is 20.7. The van der Waals surface area contributed by atoms with E-state index in [2.05, 4.69) is 98.8 Å². The number of benzene rings is 3. The number of hydrogen-bond acceptors (Lipinski definition) is 1. The van der Waals surface area contributed by atoms with Gasteiger partial charge in [0.15, 0.2) is 0 Å². The van der Waals surface area contributed by atoms with E-state index in [1.807, 2.05) is 0 Å². The molecule has 3 aromatic carbocycles. The summed E-state index contributed by atoms with van der Waals surface area (Å²) in [7, 11) is 0. The Labute approximate surface area is 184 Å². The van der Waals surface area contributed by atoms with Crippen LogP contribution in [0.4, 0.5) is 0 Å². The molecule has 2 fully saturated rings. The van der Waals surface area contributed by atoms with Crippen LogP contribution >= 0.6 is 0 Å². The fourth-order valence-corrected chi connectivity index (χ4v) is 7.09. The fourth-order valence-electron chi connectivity index (χ4n) is 7.09. The Balaban J connectivity index is 1.36. The number of allylic oxidation sites excluding steroid dienone is 2. The first kappa shape index (κ1) is 17.7. The molecule has 0 aromatic heterocycles. The second kappa shape index (κ2) is 6.31. The summed E-state index contributed by atoms with van der Waals surface area (Å²) in [6.45, 7) is 4.63. The third-order valence-electron chi connectivity index (χ3n) is 8.12. The minimum Gasteiger partial charge on any atom is -0.366 e. The molecule has 0 N–H and O–H groups in total. The van der Waals surface area contributed by atoms with Crippen molar-refractivity contribution >= 4 is 5.57 Å². The highest BCUT2D eigenvalue weighted by molar-refractivity contribution is 5.76. The lowest BCUT2D eigenvalue weighted by atomic mass is 9.68. The Hall–Kier alpha value is -2.90. The highest BCUT2D eigenvalue weighted by atomic mass is 16.5. The van der Waals surface area contributed by atoms with Gasteiger partial charge >= 0.3 is 0 Å². The molecule has 7 rings (SSSR count). The normalized spacial score (nSPS) is 31.5. The van der Waals surface area contributed by atoms with Gasteiger partial charge in [-0.3, -0.25) is 0 Å². The number of rotatable bonds is 2. The molecule has 1 nitrogen and oxygen atoms in total. The molecule has 2 heterocycles. The summed E-state index contributed by atoms with van der Waals surface area (Å²) < 4.78 is 6.65. The van der Waals surface area contributed by atoms with Gasteiger partial charge in [-0.1, -0.05) is 90.0 Å². The second-order valence-corrected chi connectivity index (χ2v) is 9.78. The van der Waals surface area contributed by atoms with Gasteiger partial charge in [-0.05, 0) is 53.3 Å². The SMILES string of the molecule is CC(C)=C1C2c3cc(-c4ccccc4)ccc3C1C1C3OC(C=C3c3ccccc3)C21. The summed E-state index contributed by atoms with van der Waals surface area (Å²) in [6, 6.07) is 28.9. The maximum Gasteiger partial charge on any atom is 0.0878 e. The smallest absolute Gasteiger partial charge is 0.0878 e. The largest absolute Gasteiger partial charge is 0.366 e. The van der Waals surface area contributed by atoms with Crippen LogP contribution in [0.2, 0.25) is 0 Å². The molecule has 1 saturated heterocycles. The Morgan fingerprint density at radius 1 is 0.677 bits per heavy atom. The first-order valence-electron chi connectivity index (χ1n) is 11.5. The lowest BCUT2D eigenvalue weighted by Gasteiger charge is -2.33. The topological polar surface area (TPSA) is 9.23 Å². The van der Waals surface area contributed by atoms with Gasteiger partial charge in [0.25, 0.3) is 0 Å². The quantitative estimate of drug-likeness (QED) is 0.420. The van der Waals surface area contributed by atoms with Crippen molar-refractivity contribution < 1.29 is 4.74 Å². The van der Waals surface area contributed by atoms with E-state index in [9.17, 15) is 0 Å². The molecule has 3 aromatic rings. The van der Waals surface area contributed by atoms with Crippen LogP contribution in [0.25, 0.3) is 16.7 Å². The third-order valence-corrected chi connectivity index (χ3v) is 8.12. The van der Waals surface area contributed by atoms with Gasteiger partial charge in [-0.25, -0.2) is 0 Å². The summed E-state index contributed by atoms with van der Waals surface area (Å²) >= 11 is 0. The molecule has 6 atom stereocenters. The molecule has 4 bridgehead atoms. The molecular weight excluding hydrogens is 376 g/mol. The number of hydrogen-bond donors (Lipinski definition) is 0. The van der Waals surface area contributed by atoms with Gasteiger partial charge in [0.1, 0.15) is 0 Å². The molecule has 0 spiro atoms. The van der Waals surface area contributed by atoms with Crippen molar-refractivity contribution in [3.63, 3.8) is 0 Å². The molecular formula is C30H26O. The van der Waals surface area contributed by atoms with E-state index < -0.39 is 0 Å². The average molecular weight is 403 g/mol. The summed E-state index contributed by atoms with van der Waals surface area (Å²) in [5, 5.41) is 0. The van der Waals surface area contributed by atoms with Crippen molar-refractivity contribution in [3.8, 4) is 11.1 Å². The van der Waals surface area contributed by atoms with Crippen molar-refractivity contribution in [2.75, 3.05) is 0 Å². The van der Waals surface area contributed by atoms with E-state index in [1.54, 1.807) is 16.7 Å². The van der Waals surface area contributed by atoms with Gasteiger partial charge in [0.05, 0.1) is 12.2 Å². The van der Waals surface area contributed by atoms with Crippen molar-refractivity contribution in [1.82, 2.24) is 0 Å². The fraction of sp³-hybridized carbons (Fsp3) is 0.267. The van der Waals surface area contributed by atoms with Crippen LogP contribution in [0.1, 0.15) is 42.4 Å². The molecule has 31 heavy (non-hydrogen) atoms. The van der Waals surface area contributed by atoms with E-state index in [0.717, 1.165) is 0 Å². The van der Waals surface area contributed by atoms with Gasteiger partial charge in [-0.15, -0.1) is 0 Å². The molecule has 1 saturated carbocycles. The lowest BCUT2D eigenvalue weighted by Crippen LogP contribution is -2.30. The van der Waals surface area contributed by atoms with E-state index in [-0.39, 0.29) is 12.2 Å². The molecule has 1 heteroatoms. The second-order valence-electron chi connectivity index (χ2n) is 9.78. The standard InChI is InChI=1S/C30H26O/c1-17(2)25-26-21-14-13-20(18-9-5-3-6-10-18)15-23(21)27(25)28-24-16-22(30(31-24)29(26)28)19-11-7-4-8-12-19/h3-16,24,26-30H,1-2H3. The molecule has 4 aliphatic rings. The predicted molar refractivity (Wildman–Crippen MR) is 126 cm³/mol. The van der Waals surface area contributed by atoms with E-state index in [0.29, 0.717) is 23.7 Å². The zero-order valence-corrected chi connectivity index (χ0v) is 18.0. The van der Waals surface area contributed by atoms with E-state index in [1.165, 1.54) is 27.8 Å². The third kappa shape index (κ3) is 2.30. The summed E-state index contributed by atoms with van der Waals surface area (Å²) in [4.78, 5) is 0. The van der Waals surface area contributed by atoms with Crippen molar-refractivity contribution in [2.45, 2.75) is 37.9 Å². The molecule has 0 radical (unpaired) electrons. The maximum atomic E-state index is 6.65. The molecule has 6 unspecified atom stereocenters. The summed E-state index contributed by atoms with van der Waals surface area (Å²) in [6.07, 6.45) is 2.90. The highest BCUT2D eigenvalue weighted by Crippen LogP contribution is 2.71.